The van der Waals surface area contributed by atoms with E-state index in [0.29, 0.717) is 6.42 Å². The Morgan fingerprint density at radius 1 is 0.581 bits per heavy atom. The van der Waals surface area contributed by atoms with Crippen LogP contribution in [0.5, 0.6) is 0 Å². The van der Waals surface area contributed by atoms with Crippen molar-refractivity contribution in [2.75, 3.05) is 0 Å². The van der Waals surface area contributed by atoms with Crippen molar-refractivity contribution >= 4 is 11.9 Å². The molecule has 0 aliphatic heterocycles. The van der Waals surface area contributed by atoms with Crippen molar-refractivity contribution in [2.45, 2.75) is 161 Å². The molecule has 0 aromatic carbocycles. The first-order valence-corrected chi connectivity index (χ1v) is 13.5. The summed E-state index contributed by atoms with van der Waals surface area (Å²) < 4.78 is 5.85. The van der Waals surface area contributed by atoms with Crippen molar-refractivity contribution in [3.05, 3.63) is 0 Å². The standard InChI is InChI=1S/C27H52O4/c1-3-5-7-9-10-11-12-14-17-21-25(31-27(30)24-20-8-6-4-2)22-18-15-13-16-19-23-26(28)29/h25H,3-24H2,1-2H3,(H,28,29). The minimum absolute atomic E-state index is 0.0153. The zero-order valence-corrected chi connectivity index (χ0v) is 20.8. The van der Waals surface area contributed by atoms with Gasteiger partial charge in [0, 0.05) is 12.8 Å². The fourth-order valence-corrected chi connectivity index (χ4v) is 4.06. The van der Waals surface area contributed by atoms with E-state index in [0.717, 1.165) is 64.2 Å². The highest BCUT2D eigenvalue weighted by molar-refractivity contribution is 5.69. The topological polar surface area (TPSA) is 63.6 Å². The second-order valence-electron chi connectivity index (χ2n) is 9.24. The third-order valence-electron chi connectivity index (χ3n) is 6.08. The number of rotatable bonds is 24. The van der Waals surface area contributed by atoms with Gasteiger partial charge in [0.15, 0.2) is 0 Å². The molecule has 4 heteroatoms. The average molecular weight is 441 g/mol. The van der Waals surface area contributed by atoms with Crippen molar-refractivity contribution in [1.82, 2.24) is 0 Å². The van der Waals surface area contributed by atoms with E-state index in [9.17, 15) is 9.59 Å². The van der Waals surface area contributed by atoms with E-state index in [1.807, 2.05) is 0 Å². The number of carbonyl (C=O) groups excluding carboxylic acids is 1. The van der Waals surface area contributed by atoms with Gasteiger partial charge in [-0.15, -0.1) is 0 Å². The number of unbranched alkanes of at least 4 members (excludes halogenated alkanes) is 15. The number of carboxylic acid groups (broad SMARTS) is 1. The normalized spacial score (nSPS) is 12.1. The van der Waals surface area contributed by atoms with Crippen LogP contribution < -0.4 is 0 Å². The van der Waals surface area contributed by atoms with E-state index < -0.39 is 5.97 Å². The molecule has 0 aliphatic carbocycles. The lowest BCUT2D eigenvalue weighted by Gasteiger charge is -2.18. The first-order chi connectivity index (χ1) is 15.1. The minimum Gasteiger partial charge on any atom is -0.481 e. The molecule has 0 amide bonds. The van der Waals surface area contributed by atoms with Gasteiger partial charge >= 0.3 is 11.9 Å². The molecule has 0 rings (SSSR count). The molecule has 0 aliphatic rings. The molecular formula is C27H52O4. The van der Waals surface area contributed by atoms with Crippen LogP contribution in [-0.4, -0.2) is 23.1 Å². The molecule has 0 heterocycles. The second kappa shape index (κ2) is 23.6. The van der Waals surface area contributed by atoms with E-state index in [4.69, 9.17) is 9.84 Å². The largest absolute Gasteiger partial charge is 0.481 e. The Morgan fingerprint density at radius 2 is 0.968 bits per heavy atom. The van der Waals surface area contributed by atoms with Crippen LogP contribution in [0.1, 0.15) is 155 Å². The third-order valence-corrected chi connectivity index (χ3v) is 6.08. The molecular weight excluding hydrogens is 388 g/mol. The van der Waals surface area contributed by atoms with Crippen LogP contribution in [0.25, 0.3) is 0 Å². The van der Waals surface area contributed by atoms with Crippen LogP contribution in [0.3, 0.4) is 0 Å². The van der Waals surface area contributed by atoms with Crippen LogP contribution in [0, 0.1) is 0 Å². The lowest BCUT2D eigenvalue weighted by Crippen LogP contribution is -2.18. The average Bonchev–Trinajstić information content (AvgIpc) is 2.74. The zero-order chi connectivity index (χ0) is 23.0. The van der Waals surface area contributed by atoms with Gasteiger partial charge in [0.25, 0.3) is 0 Å². The van der Waals surface area contributed by atoms with Gasteiger partial charge in [-0.05, 0) is 38.5 Å². The summed E-state index contributed by atoms with van der Waals surface area (Å²) in [6.07, 6.45) is 24.1. The Morgan fingerprint density at radius 3 is 1.45 bits per heavy atom. The highest BCUT2D eigenvalue weighted by Gasteiger charge is 2.14. The van der Waals surface area contributed by atoms with Crippen LogP contribution in [-0.2, 0) is 14.3 Å². The number of carboxylic acids is 1. The highest BCUT2D eigenvalue weighted by Crippen LogP contribution is 2.18. The molecule has 0 radical (unpaired) electrons. The van der Waals surface area contributed by atoms with E-state index in [1.54, 1.807) is 0 Å². The second-order valence-corrected chi connectivity index (χ2v) is 9.24. The maximum atomic E-state index is 12.2. The zero-order valence-electron chi connectivity index (χ0n) is 20.8. The summed E-state index contributed by atoms with van der Waals surface area (Å²) >= 11 is 0. The molecule has 1 N–H and O–H groups in total. The van der Waals surface area contributed by atoms with Crippen molar-refractivity contribution < 1.29 is 19.4 Å². The van der Waals surface area contributed by atoms with Crippen molar-refractivity contribution in [3.63, 3.8) is 0 Å². The van der Waals surface area contributed by atoms with Crippen LogP contribution >= 0.6 is 0 Å². The fraction of sp³-hybridized carbons (Fsp3) is 0.926. The maximum Gasteiger partial charge on any atom is 0.306 e. The summed E-state index contributed by atoms with van der Waals surface area (Å²) in [4.78, 5) is 22.8. The Kier molecular flexibility index (Phi) is 22.8. The Labute approximate surface area is 192 Å². The fourth-order valence-electron chi connectivity index (χ4n) is 4.06. The molecule has 4 nitrogen and oxygen atoms in total. The van der Waals surface area contributed by atoms with Gasteiger partial charge in [-0.2, -0.15) is 0 Å². The first-order valence-electron chi connectivity index (χ1n) is 13.5. The van der Waals surface area contributed by atoms with Gasteiger partial charge in [-0.25, -0.2) is 0 Å². The molecule has 0 saturated heterocycles. The summed E-state index contributed by atoms with van der Waals surface area (Å²) in [5, 5.41) is 8.70. The monoisotopic (exact) mass is 440 g/mol. The van der Waals surface area contributed by atoms with Crippen LogP contribution in [0.4, 0.5) is 0 Å². The number of aliphatic carboxylic acids is 1. The van der Waals surface area contributed by atoms with Crippen molar-refractivity contribution in [1.29, 1.82) is 0 Å². The lowest BCUT2D eigenvalue weighted by molar-refractivity contribution is -0.150. The molecule has 0 saturated carbocycles. The van der Waals surface area contributed by atoms with Crippen LogP contribution in [0.2, 0.25) is 0 Å². The summed E-state index contributed by atoms with van der Waals surface area (Å²) in [5.74, 6) is -0.717. The van der Waals surface area contributed by atoms with E-state index >= 15 is 0 Å². The number of hydrogen-bond acceptors (Lipinski definition) is 3. The summed E-state index contributed by atoms with van der Waals surface area (Å²) in [5.41, 5.74) is 0. The quantitative estimate of drug-likeness (QED) is 0.120. The molecule has 184 valence electrons. The number of hydrogen-bond donors (Lipinski definition) is 1. The van der Waals surface area contributed by atoms with E-state index in [2.05, 4.69) is 13.8 Å². The van der Waals surface area contributed by atoms with Crippen molar-refractivity contribution in [2.24, 2.45) is 0 Å². The molecule has 0 aromatic rings. The van der Waals surface area contributed by atoms with Gasteiger partial charge in [0.1, 0.15) is 6.10 Å². The molecule has 0 aromatic heterocycles. The molecule has 1 unspecified atom stereocenters. The Hall–Kier alpha value is -1.06. The summed E-state index contributed by atoms with van der Waals surface area (Å²) in [6, 6.07) is 0. The first kappa shape index (κ1) is 29.9. The molecule has 0 spiro atoms. The van der Waals surface area contributed by atoms with Gasteiger partial charge in [0.2, 0.25) is 0 Å². The predicted molar refractivity (Wildman–Crippen MR) is 130 cm³/mol. The lowest BCUT2D eigenvalue weighted by atomic mass is 10.0. The van der Waals surface area contributed by atoms with Crippen LogP contribution in [0.15, 0.2) is 0 Å². The van der Waals surface area contributed by atoms with E-state index in [1.165, 1.54) is 64.2 Å². The number of carbonyl (C=O) groups is 2. The summed E-state index contributed by atoms with van der Waals surface area (Å²) in [6.45, 7) is 4.44. The van der Waals surface area contributed by atoms with Gasteiger partial charge < -0.3 is 9.84 Å². The number of esters is 1. The highest BCUT2D eigenvalue weighted by atomic mass is 16.5. The third kappa shape index (κ3) is 23.4. The Balaban J connectivity index is 4.01. The van der Waals surface area contributed by atoms with Gasteiger partial charge in [0.05, 0.1) is 0 Å². The Bertz CT molecular complexity index is 408. The predicted octanol–water partition coefficient (Wildman–Crippen LogP) is 8.60. The summed E-state index contributed by atoms with van der Waals surface area (Å²) in [7, 11) is 0. The van der Waals surface area contributed by atoms with Crippen molar-refractivity contribution in [3.8, 4) is 0 Å². The SMILES string of the molecule is CCCCCCCCCCCC(CCCCCCCC(=O)O)OC(=O)CCCCCC. The van der Waals surface area contributed by atoms with Gasteiger partial charge in [-0.1, -0.05) is 104 Å². The molecule has 1 atom stereocenters. The number of ether oxygens (including phenoxy) is 1. The van der Waals surface area contributed by atoms with Gasteiger partial charge in [-0.3, -0.25) is 9.59 Å². The smallest absolute Gasteiger partial charge is 0.306 e. The van der Waals surface area contributed by atoms with E-state index in [-0.39, 0.29) is 18.5 Å². The minimum atomic E-state index is -0.702. The molecule has 31 heavy (non-hydrogen) atoms. The molecule has 0 fully saturated rings. The maximum absolute atomic E-state index is 12.2. The molecule has 0 bridgehead atoms.